The number of nitrogens with zero attached hydrogens (tertiary/aromatic N) is 2. The Hall–Kier alpha value is -1.99. The molecule has 7 heteroatoms. The number of amides is 2. The number of likely N-dealkylation sites (tertiary alicyclic amines) is 2. The Balaban J connectivity index is 1.45. The van der Waals surface area contributed by atoms with Gasteiger partial charge in [-0.15, -0.1) is 0 Å². The number of methoxy groups -OCH3 is 1. The monoisotopic (exact) mass is 349 g/mol. The number of nitrogens with one attached hydrogen (secondary N) is 1. The minimum atomic E-state index is -0.276. The average molecular weight is 349 g/mol. The topological polar surface area (TPSA) is 61.9 Å². The number of benzene rings is 1. The second-order valence-electron chi connectivity index (χ2n) is 6.71. The van der Waals surface area contributed by atoms with Crippen molar-refractivity contribution >= 4 is 11.8 Å². The third kappa shape index (κ3) is 4.35. The van der Waals surface area contributed by atoms with Crippen LogP contribution >= 0.6 is 0 Å². The van der Waals surface area contributed by atoms with Crippen molar-refractivity contribution in [1.82, 2.24) is 15.1 Å². The van der Waals surface area contributed by atoms with Gasteiger partial charge in [-0.25, -0.2) is 4.39 Å². The molecule has 1 unspecified atom stereocenters. The van der Waals surface area contributed by atoms with Crippen LogP contribution in [0.3, 0.4) is 0 Å². The molecule has 0 aliphatic carbocycles. The molecule has 2 saturated heterocycles. The minimum absolute atomic E-state index is 0.0438. The van der Waals surface area contributed by atoms with Gasteiger partial charge in [0.2, 0.25) is 11.8 Å². The van der Waals surface area contributed by atoms with Gasteiger partial charge in [-0.05, 0) is 17.7 Å². The van der Waals surface area contributed by atoms with Crippen molar-refractivity contribution in [2.45, 2.75) is 19.0 Å². The molecule has 136 valence electrons. The van der Waals surface area contributed by atoms with Crippen molar-refractivity contribution in [2.75, 3.05) is 39.9 Å². The molecule has 0 aromatic heterocycles. The third-order valence-corrected chi connectivity index (χ3v) is 4.81. The quantitative estimate of drug-likeness (QED) is 0.733. The van der Waals surface area contributed by atoms with Crippen LogP contribution in [0, 0.1) is 11.7 Å². The van der Waals surface area contributed by atoms with E-state index in [1.54, 1.807) is 13.2 Å². The molecule has 1 aromatic rings. The van der Waals surface area contributed by atoms with Crippen LogP contribution in [0.1, 0.15) is 12.0 Å². The van der Waals surface area contributed by atoms with Crippen molar-refractivity contribution in [3.05, 3.63) is 35.6 Å². The summed E-state index contributed by atoms with van der Waals surface area (Å²) in [6.45, 7) is 3.62. The molecule has 2 heterocycles. The Morgan fingerprint density at radius 3 is 2.88 bits per heavy atom. The fourth-order valence-corrected chi connectivity index (χ4v) is 3.44. The molecule has 0 radical (unpaired) electrons. The van der Waals surface area contributed by atoms with Gasteiger partial charge < -0.3 is 15.0 Å². The van der Waals surface area contributed by atoms with E-state index >= 15 is 0 Å². The maximum absolute atomic E-state index is 13.2. The van der Waals surface area contributed by atoms with Crippen LogP contribution in [0.15, 0.2) is 24.3 Å². The lowest BCUT2D eigenvalue weighted by atomic mass is 10.1. The Morgan fingerprint density at radius 2 is 2.16 bits per heavy atom. The second-order valence-corrected chi connectivity index (χ2v) is 6.71. The zero-order valence-corrected chi connectivity index (χ0v) is 14.4. The summed E-state index contributed by atoms with van der Waals surface area (Å²) in [5.41, 5.74) is 0.932. The first kappa shape index (κ1) is 17.8. The summed E-state index contributed by atoms with van der Waals surface area (Å²) in [6, 6.07) is 6.73. The first-order valence-electron chi connectivity index (χ1n) is 8.59. The fourth-order valence-electron chi connectivity index (χ4n) is 3.44. The average Bonchev–Trinajstić information content (AvgIpc) is 2.92. The highest BCUT2D eigenvalue weighted by atomic mass is 19.1. The van der Waals surface area contributed by atoms with Crippen molar-refractivity contribution < 1.29 is 18.7 Å². The van der Waals surface area contributed by atoms with Crippen molar-refractivity contribution in [3.63, 3.8) is 0 Å². The molecule has 2 aliphatic rings. The van der Waals surface area contributed by atoms with Gasteiger partial charge in [0, 0.05) is 46.3 Å². The van der Waals surface area contributed by atoms with Gasteiger partial charge >= 0.3 is 0 Å². The highest BCUT2D eigenvalue weighted by Crippen LogP contribution is 2.26. The van der Waals surface area contributed by atoms with Gasteiger partial charge in [0.25, 0.3) is 0 Å². The first-order chi connectivity index (χ1) is 12.1. The molecule has 1 N–H and O–H groups in total. The second kappa shape index (κ2) is 7.93. The maximum atomic E-state index is 13.2. The smallest absolute Gasteiger partial charge is 0.225 e. The molecule has 0 saturated carbocycles. The van der Waals surface area contributed by atoms with Gasteiger partial charge in [0.1, 0.15) is 5.82 Å². The molecule has 25 heavy (non-hydrogen) atoms. The molecule has 1 aromatic carbocycles. The van der Waals surface area contributed by atoms with E-state index in [0.29, 0.717) is 26.2 Å². The van der Waals surface area contributed by atoms with Crippen LogP contribution in [-0.4, -0.2) is 67.6 Å². The molecular weight excluding hydrogens is 325 g/mol. The molecule has 1 atom stereocenters. The molecule has 2 aliphatic heterocycles. The van der Waals surface area contributed by atoms with E-state index in [-0.39, 0.29) is 36.0 Å². The standard InChI is InChI=1S/C18H24FN3O3/c1-25-6-5-20-18(24)14-8-17(23)22(10-14)16-11-21(12-16)9-13-3-2-4-15(19)7-13/h2-4,7,14,16H,5-6,8-12H2,1H3,(H,20,24). The summed E-state index contributed by atoms with van der Waals surface area (Å²) in [5, 5.41) is 2.80. The van der Waals surface area contributed by atoms with Gasteiger partial charge in [-0.3, -0.25) is 14.5 Å². The summed E-state index contributed by atoms with van der Waals surface area (Å²) >= 11 is 0. The number of ether oxygens (including phenoxy) is 1. The molecule has 3 rings (SSSR count). The van der Waals surface area contributed by atoms with Crippen molar-refractivity contribution in [1.29, 1.82) is 0 Å². The number of halogens is 1. The van der Waals surface area contributed by atoms with E-state index in [0.717, 1.165) is 18.7 Å². The van der Waals surface area contributed by atoms with Gasteiger partial charge in [0.15, 0.2) is 0 Å². The predicted molar refractivity (Wildman–Crippen MR) is 90.2 cm³/mol. The van der Waals surface area contributed by atoms with Crippen LogP contribution < -0.4 is 5.32 Å². The zero-order chi connectivity index (χ0) is 17.8. The van der Waals surface area contributed by atoms with Crippen LogP contribution in [0.2, 0.25) is 0 Å². The lowest BCUT2D eigenvalue weighted by Crippen LogP contribution is -2.59. The third-order valence-electron chi connectivity index (χ3n) is 4.81. The van der Waals surface area contributed by atoms with E-state index in [1.165, 1.54) is 12.1 Å². The molecule has 0 spiro atoms. The summed E-state index contributed by atoms with van der Waals surface area (Å²) in [4.78, 5) is 28.3. The normalized spacial score (nSPS) is 21.4. The van der Waals surface area contributed by atoms with Crippen LogP contribution in [0.25, 0.3) is 0 Å². The highest BCUT2D eigenvalue weighted by molar-refractivity contribution is 5.89. The summed E-state index contributed by atoms with van der Waals surface area (Å²) in [6.07, 6.45) is 0.277. The van der Waals surface area contributed by atoms with Crippen molar-refractivity contribution in [2.24, 2.45) is 5.92 Å². The van der Waals surface area contributed by atoms with E-state index in [9.17, 15) is 14.0 Å². The van der Waals surface area contributed by atoms with Crippen LogP contribution in [0.5, 0.6) is 0 Å². The Kier molecular flexibility index (Phi) is 5.65. The van der Waals surface area contributed by atoms with E-state index in [1.807, 2.05) is 11.0 Å². The van der Waals surface area contributed by atoms with Crippen LogP contribution in [-0.2, 0) is 20.9 Å². The lowest BCUT2D eigenvalue weighted by Gasteiger charge is -2.44. The SMILES string of the molecule is COCCNC(=O)C1CC(=O)N(C2CN(Cc3cccc(F)c3)C2)C1. The molecule has 2 fully saturated rings. The maximum Gasteiger partial charge on any atom is 0.225 e. The number of hydrogen-bond donors (Lipinski definition) is 1. The fraction of sp³-hybridized carbons (Fsp3) is 0.556. The van der Waals surface area contributed by atoms with E-state index in [4.69, 9.17) is 4.74 Å². The summed E-state index contributed by atoms with van der Waals surface area (Å²) in [5.74, 6) is -0.542. The Bertz CT molecular complexity index is 634. The Morgan fingerprint density at radius 1 is 1.36 bits per heavy atom. The van der Waals surface area contributed by atoms with Crippen LogP contribution in [0.4, 0.5) is 4.39 Å². The number of carbonyl (C=O) groups is 2. The molecule has 2 amide bonds. The number of rotatable bonds is 7. The largest absolute Gasteiger partial charge is 0.383 e. The molecule has 0 bridgehead atoms. The van der Waals surface area contributed by atoms with Gasteiger partial charge in [0.05, 0.1) is 18.6 Å². The predicted octanol–water partition coefficient (Wildman–Crippen LogP) is 0.621. The lowest BCUT2D eigenvalue weighted by molar-refractivity contribution is -0.133. The minimum Gasteiger partial charge on any atom is -0.383 e. The number of hydrogen-bond acceptors (Lipinski definition) is 4. The summed E-state index contributed by atoms with van der Waals surface area (Å²) < 4.78 is 18.1. The summed E-state index contributed by atoms with van der Waals surface area (Å²) in [7, 11) is 1.58. The van der Waals surface area contributed by atoms with Gasteiger partial charge in [-0.2, -0.15) is 0 Å². The first-order valence-corrected chi connectivity index (χ1v) is 8.59. The number of carbonyl (C=O) groups excluding carboxylic acids is 2. The van der Waals surface area contributed by atoms with E-state index < -0.39 is 0 Å². The highest BCUT2D eigenvalue weighted by Gasteiger charge is 2.41. The Labute approximate surface area is 146 Å². The van der Waals surface area contributed by atoms with Gasteiger partial charge in [-0.1, -0.05) is 12.1 Å². The molecular formula is C18H24FN3O3. The molecule has 6 nitrogen and oxygen atoms in total. The zero-order valence-electron chi connectivity index (χ0n) is 14.4. The van der Waals surface area contributed by atoms with E-state index in [2.05, 4.69) is 10.2 Å². The van der Waals surface area contributed by atoms with Crippen molar-refractivity contribution in [3.8, 4) is 0 Å².